The highest BCUT2D eigenvalue weighted by molar-refractivity contribution is 5.97. The SMILES string of the molecule is CCNC(=NCC(C)C)NCCCN1C(=O)COc2ccccc21. The molecule has 1 amide bonds. The van der Waals surface area contributed by atoms with Crippen molar-refractivity contribution in [2.24, 2.45) is 10.9 Å². The summed E-state index contributed by atoms with van der Waals surface area (Å²) in [6.45, 7) is 9.51. The Kier molecular flexibility index (Phi) is 6.90. The second kappa shape index (κ2) is 9.15. The number of anilines is 1. The standard InChI is InChI=1S/C18H28N4O2/c1-4-19-18(21-12-14(2)3)20-10-7-11-22-15-8-5-6-9-16(15)24-13-17(22)23/h5-6,8-9,14H,4,7,10-13H2,1-3H3,(H2,19,20,21). The van der Waals surface area contributed by atoms with Crippen LogP contribution in [0.3, 0.4) is 0 Å². The average molecular weight is 332 g/mol. The Morgan fingerprint density at radius 2 is 2.12 bits per heavy atom. The third kappa shape index (κ3) is 5.15. The molecule has 0 aromatic heterocycles. The maximum absolute atomic E-state index is 12.1. The Morgan fingerprint density at radius 3 is 2.88 bits per heavy atom. The fourth-order valence-electron chi connectivity index (χ4n) is 2.46. The molecule has 1 aliphatic heterocycles. The maximum Gasteiger partial charge on any atom is 0.265 e. The third-order valence-electron chi connectivity index (χ3n) is 3.62. The first-order valence-corrected chi connectivity index (χ1v) is 8.66. The molecule has 1 heterocycles. The first-order chi connectivity index (χ1) is 11.6. The van der Waals surface area contributed by atoms with Gasteiger partial charge in [-0.15, -0.1) is 0 Å². The zero-order valence-electron chi connectivity index (χ0n) is 14.8. The van der Waals surface area contributed by atoms with Crippen molar-refractivity contribution in [2.45, 2.75) is 27.2 Å². The molecular formula is C18H28N4O2. The van der Waals surface area contributed by atoms with E-state index in [4.69, 9.17) is 4.74 Å². The number of amides is 1. The summed E-state index contributed by atoms with van der Waals surface area (Å²) in [4.78, 5) is 18.5. The predicted octanol–water partition coefficient (Wildman–Crippen LogP) is 2.01. The van der Waals surface area contributed by atoms with Crippen molar-refractivity contribution in [3.05, 3.63) is 24.3 Å². The van der Waals surface area contributed by atoms with Crippen LogP contribution in [0.15, 0.2) is 29.3 Å². The number of fused-ring (bicyclic) bond motifs is 1. The number of aliphatic imine (C=N–C) groups is 1. The van der Waals surface area contributed by atoms with E-state index in [-0.39, 0.29) is 12.5 Å². The molecule has 0 atom stereocenters. The van der Waals surface area contributed by atoms with Gasteiger partial charge in [-0.05, 0) is 31.4 Å². The number of nitrogens with zero attached hydrogens (tertiary/aromatic N) is 2. The molecule has 0 bridgehead atoms. The van der Waals surface area contributed by atoms with E-state index in [0.29, 0.717) is 12.5 Å². The molecule has 0 radical (unpaired) electrons. The Bertz CT molecular complexity index is 572. The van der Waals surface area contributed by atoms with Crippen molar-refractivity contribution in [1.82, 2.24) is 10.6 Å². The predicted molar refractivity (Wildman–Crippen MR) is 97.7 cm³/mol. The number of guanidine groups is 1. The van der Waals surface area contributed by atoms with Gasteiger partial charge in [0, 0.05) is 26.2 Å². The highest BCUT2D eigenvalue weighted by Gasteiger charge is 2.24. The number of hydrogen-bond donors (Lipinski definition) is 2. The summed E-state index contributed by atoms with van der Waals surface area (Å²) in [5.74, 6) is 2.15. The molecule has 0 spiro atoms. The van der Waals surface area contributed by atoms with Gasteiger partial charge in [-0.25, -0.2) is 0 Å². The van der Waals surface area contributed by atoms with Crippen LogP contribution < -0.4 is 20.3 Å². The molecule has 2 rings (SSSR count). The number of ether oxygens (including phenoxy) is 1. The lowest BCUT2D eigenvalue weighted by atomic mass is 10.2. The van der Waals surface area contributed by atoms with Crippen molar-refractivity contribution in [1.29, 1.82) is 0 Å². The molecule has 1 aliphatic rings. The fraction of sp³-hybridized carbons (Fsp3) is 0.556. The maximum atomic E-state index is 12.1. The first-order valence-electron chi connectivity index (χ1n) is 8.66. The van der Waals surface area contributed by atoms with Crippen molar-refractivity contribution in [3.8, 4) is 5.75 Å². The van der Waals surface area contributed by atoms with Crippen molar-refractivity contribution >= 4 is 17.6 Å². The minimum atomic E-state index is 0.00841. The summed E-state index contributed by atoms with van der Waals surface area (Å²) in [6.07, 6.45) is 0.839. The zero-order valence-corrected chi connectivity index (χ0v) is 14.8. The summed E-state index contributed by atoms with van der Waals surface area (Å²) in [5, 5.41) is 6.56. The normalized spacial score (nSPS) is 14.4. The van der Waals surface area contributed by atoms with Gasteiger partial charge in [0.2, 0.25) is 0 Å². The Balaban J connectivity index is 1.85. The van der Waals surface area contributed by atoms with Crippen molar-refractivity contribution in [2.75, 3.05) is 37.7 Å². The lowest BCUT2D eigenvalue weighted by Crippen LogP contribution is -2.42. The van der Waals surface area contributed by atoms with Crippen LogP contribution in [0, 0.1) is 5.92 Å². The van der Waals surface area contributed by atoms with Gasteiger partial charge in [0.15, 0.2) is 12.6 Å². The topological polar surface area (TPSA) is 66.0 Å². The van der Waals surface area contributed by atoms with Crippen LogP contribution in [0.4, 0.5) is 5.69 Å². The minimum absolute atomic E-state index is 0.00841. The quantitative estimate of drug-likeness (QED) is 0.455. The zero-order chi connectivity index (χ0) is 17.4. The Labute approximate surface area is 144 Å². The van der Waals surface area contributed by atoms with Crippen LogP contribution in [-0.2, 0) is 4.79 Å². The van der Waals surface area contributed by atoms with Crippen molar-refractivity contribution < 1.29 is 9.53 Å². The van der Waals surface area contributed by atoms with Gasteiger partial charge in [-0.2, -0.15) is 0 Å². The highest BCUT2D eigenvalue weighted by atomic mass is 16.5. The molecule has 0 fully saturated rings. The molecule has 0 unspecified atom stereocenters. The molecule has 0 saturated carbocycles. The van der Waals surface area contributed by atoms with Crippen LogP contribution in [-0.4, -0.2) is 44.7 Å². The Hall–Kier alpha value is -2.24. The lowest BCUT2D eigenvalue weighted by molar-refractivity contribution is -0.121. The number of hydrogen-bond acceptors (Lipinski definition) is 3. The van der Waals surface area contributed by atoms with Gasteiger partial charge in [0.25, 0.3) is 5.91 Å². The van der Waals surface area contributed by atoms with Crippen LogP contribution >= 0.6 is 0 Å². The minimum Gasteiger partial charge on any atom is -0.482 e. The van der Waals surface area contributed by atoms with E-state index in [1.165, 1.54) is 0 Å². The van der Waals surface area contributed by atoms with Crippen LogP contribution in [0.1, 0.15) is 27.2 Å². The Morgan fingerprint density at radius 1 is 1.33 bits per heavy atom. The van der Waals surface area contributed by atoms with E-state index in [2.05, 4.69) is 36.4 Å². The smallest absolute Gasteiger partial charge is 0.265 e. The van der Waals surface area contributed by atoms with Gasteiger partial charge < -0.3 is 20.3 Å². The summed E-state index contributed by atoms with van der Waals surface area (Å²) in [7, 11) is 0. The van der Waals surface area contributed by atoms with Crippen LogP contribution in [0.25, 0.3) is 0 Å². The summed E-state index contributed by atoms with van der Waals surface area (Å²) < 4.78 is 5.46. The number of rotatable bonds is 7. The second-order valence-electron chi connectivity index (χ2n) is 6.20. The molecule has 1 aromatic rings. The van der Waals surface area contributed by atoms with E-state index < -0.39 is 0 Å². The van der Waals surface area contributed by atoms with Gasteiger partial charge in [-0.3, -0.25) is 9.79 Å². The lowest BCUT2D eigenvalue weighted by Gasteiger charge is -2.29. The van der Waals surface area contributed by atoms with E-state index >= 15 is 0 Å². The third-order valence-corrected chi connectivity index (χ3v) is 3.62. The molecular weight excluding hydrogens is 304 g/mol. The molecule has 1 aromatic carbocycles. The highest BCUT2D eigenvalue weighted by Crippen LogP contribution is 2.31. The van der Waals surface area contributed by atoms with E-state index in [9.17, 15) is 4.79 Å². The molecule has 6 heteroatoms. The monoisotopic (exact) mass is 332 g/mol. The second-order valence-corrected chi connectivity index (χ2v) is 6.20. The molecule has 132 valence electrons. The first kappa shape index (κ1) is 18.1. The van der Waals surface area contributed by atoms with Gasteiger partial charge in [0.05, 0.1) is 5.69 Å². The van der Waals surface area contributed by atoms with E-state index in [1.807, 2.05) is 24.3 Å². The van der Waals surface area contributed by atoms with Crippen molar-refractivity contribution in [3.63, 3.8) is 0 Å². The number of carbonyl (C=O) groups excluding carboxylic acids is 1. The molecule has 0 saturated heterocycles. The summed E-state index contributed by atoms with van der Waals surface area (Å²) in [6, 6.07) is 7.67. The van der Waals surface area contributed by atoms with Gasteiger partial charge in [0.1, 0.15) is 5.75 Å². The fourth-order valence-corrected chi connectivity index (χ4v) is 2.46. The number of para-hydroxylation sites is 2. The van der Waals surface area contributed by atoms with Crippen LogP contribution in [0.5, 0.6) is 5.75 Å². The number of benzene rings is 1. The summed E-state index contributed by atoms with van der Waals surface area (Å²) >= 11 is 0. The molecule has 6 nitrogen and oxygen atoms in total. The molecule has 2 N–H and O–H groups in total. The molecule has 0 aliphatic carbocycles. The van der Waals surface area contributed by atoms with Crippen LogP contribution in [0.2, 0.25) is 0 Å². The van der Waals surface area contributed by atoms with Gasteiger partial charge >= 0.3 is 0 Å². The van der Waals surface area contributed by atoms with E-state index in [0.717, 1.165) is 43.5 Å². The largest absolute Gasteiger partial charge is 0.482 e. The van der Waals surface area contributed by atoms with Gasteiger partial charge in [-0.1, -0.05) is 26.0 Å². The number of nitrogens with one attached hydrogen (secondary N) is 2. The average Bonchev–Trinajstić information content (AvgIpc) is 2.57. The summed E-state index contributed by atoms with van der Waals surface area (Å²) in [5.41, 5.74) is 0.856. The van der Waals surface area contributed by atoms with E-state index in [1.54, 1.807) is 4.90 Å². The number of carbonyl (C=O) groups is 1. The molecule has 24 heavy (non-hydrogen) atoms.